The molecule has 1 nitrogen and oxygen atoms in total. The average molecular weight is 196 g/mol. The lowest BCUT2D eigenvalue weighted by Crippen LogP contribution is -1.85. The quantitative estimate of drug-likeness (QED) is 0.630. The normalized spacial score (nSPS) is 11.1. The predicted octanol–water partition coefficient (Wildman–Crippen LogP) is 3.41. The Labute approximate surface area is 81.1 Å². The van der Waals surface area contributed by atoms with Gasteiger partial charge >= 0.3 is 0 Å². The summed E-state index contributed by atoms with van der Waals surface area (Å²) in [6, 6.07) is 6.22. The molecule has 0 aromatic heterocycles. The molecule has 0 fully saturated rings. The number of nitrogens with zero attached hydrogens (tertiary/aromatic N) is 1. The Bertz CT molecular complexity index is 390. The van der Waals surface area contributed by atoms with Crippen molar-refractivity contribution in [1.29, 1.82) is 5.26 Å². The highest BCUT2D eigenvalue weighted by atomic mass is 35.5. The molecule has 0 unspecified atom stereocenters. The molecule has 0 spiro atoms. The SMILES string of the molecule is CC(=CC#N)c1ccc(Cl)cc1F. The number of rotatable bonds is 1. The molecular formula is C10H7ClFN. The highest BCUT2D eigenvalue weighted by molar-refractivity contribution is 6.30. The first-order chi connectivity index (χ1) is 6.15. The number of benzene rings is 1. The third-order valence-electron chi connectivity index (χ3n) is 1.64. The molecule has 1 aromatic carbocycles. The topological polar surface area (TPSA) is 23.8 Å². The zero-order valence-electron chi connectivity index (χ0n) is 7.01. The van der Waals surface area contributed by atoms with Gasteiger partial charge in [-0.25, -0.2) is 4.39 Å². The summed E-state index contributed by atoms with van der Waals surface area (Å²) < 4.78 is 13.2. The fraction of sp³-hybridized carbons (Fsp3) is 0.100. The number of allylic oxidation sites excluding steroid dienone is 2. The van der Waals surface area contributed by atoms with Crippen LogP contribution in [0.3, 0.4) is 0 Å². The summed E-state index contributed by atoms with van der Waals surface area (Å²) in [6.07, 6.45) is 1.30. The summed E-state index contributed by atoms with van der Waals surface area (Å²) in [5.74, 6) is -0.406. The molecular weight excluding hydrogens is 189 g/mol. The van der Waals surface area contributed by atoms with Gasteiger partial charge in [-0.2, -0.15) is 5.26 Å². The van der Waals surface area contributed by atoms with Crippen molar-refractivity contribution in [1.82, 2.24) is 0 Å². The third-order valence-corrected chi connectivity index (χ3v) is 1.87. The summed E-state index contributed by atoms with van der Waals surface area (Å²) in [7, 11) is 0. The van der Waals surface area contributed by atoms with Crippen LogP contribution in [-0.4, -0.2) is 0 Å². The van der Waals surface area contributed by atoms with Crippen molar-refractivity contribution in [3.8, 4) is 6.07 Å². The molecule has 0 atom stereocenters. The highest BCUT2D eigenvalue weighted by Crippen LogP contribution is 2.20. The van der Waals surface area contributed by atoms with Crippen LogP contribution in [0.25, 0.3) is 5.57 Å². The van der Waals surface area contributed by atoms with Gasteiger partial charge < -0.3 is 0 Å². The maximum absolute atomic E-state index is 13.2. The van der Waals surface area contributed by atoms with E-state index in [0.717, 1.165) is 0 Å². The molecule has 0 heterocycles. The third kappa shape index (κ3) is 2.30. The van der Waals surface area contributed by atoms with Gasteiger partial charge in [-0.15, -0.1) is 0 Å². The molecule has 0 bridgehead atoms. The van der Waals surface area contributed by atoms with E-state index in [2.05, 4.69) is 0 Å². The van der Waals surface area contributed by atoms with E-state index in [1.165, 1.54) is 12.1 Å². The first kappa shape index (κ1) is 9.76. The fourth-order valence-electron chi connectivity index (χ4n) is 0.984. The second kappa shape index (κ2) is 4.06. The Morgan fingerprint density at radius 2 is 2.31 bits per heavy atom. The van der Waals surface area contributed by atoms with E-state index in [9.17, 15) is 4.39 Å². The summed E-state index contributed by atoms with van der Waals surface area (Å²) in [4.78, 5) is 0. The van der Waals surface area contributed by atoms with Crippen molar-refractivity contribution >= 4 is 17.2 Å². The largest absolute Gasteiger partial charge is 0.206 e. The van der Waals surface area contributed by atoms with Crippen LogP contribution in [-0.2, 0) is 0 Å². The number of hydrogen-bond donors (Lipinski definition) is 0. The minimum absolute atomic E-state index is 0.353. The fourth-order valence-corrected chi connectivity index (χ4v) is 1.14. The maximum Gasteiger partial charge on any atom is 0.132 e. The van der Waals surface area contributed by atoms with Gasteiger partial charge in [0, 0.05) is 16.7 Å². The van der Waals surface area contributed by atoms with Gasteiger partial charge in [-0.05, 0) is 24.6 Å². The Kier molecular flexibility index (Phi) is 3.05. The van der Waals surface area contributed by atoms with Crippen LogP contribution in [0.15, 0.2) is 24.3 Å². The van der Waals surface area contributed by atoms with Gasteiger partial charge in [0.2, 0.25) is 0 Å². The number of hydrogen-bond acceptors (Lipinski definition) is 1. The lowest BCUT2D eigenvalue weighted by Gasteiger charge is -2.01. The van der Waals surface area contributed by atoms with Crippen molar-refractivity contribution in [2.45, 2.75) is 6.92 Å². The molecule has 1 rings (SSSR count). The Hall–Kier alpha value is -1.33. The van der Waals surface area contributed by atoms with Gasteiger partial charge in [-0.3, -0.25) is 0 Å². The van der Waals surface area contributed by atoms with E-state index in [0.29, 0.717) is 16.2 Å². The van der Waals surface area contributed by atoms with E-state index < -0.39 is 5.82 Å². The van der Waals surface area contributed by atoms with Crippen LogP contribution < -0.4 is 0 Å². The number of halogens is 2. The van der Waals surface area contributed by atoms with E-state index in [1.807, 2.05) is 6.07 Å². The van der Waals surface area contributed by atoms with Crippen LogP contribution >= 0.6 is 11.6 Å². The van der Waals surface area contributed by atoms with Crippen molar-refractivity contribution in [3.05, 3.63) is 40.7 Å². The molecule has 0 radical (unpaired) electrons. The van der Waals surface area contributed by atoms with Crippen LogP contribution in [0, 0.1) is 17.1 Å². The minimum Gasteiger partial charge on any atom is -0.206 e. The summed E-state index contributed by atoms with van der Waals surface area (Å²) in [5.41, 5.74) is 1.00. The number of nitriles is 1. The van der Waals surface area contributed by atoms with Crippen molar-refractivity contribution in [2.75, 3.05) is 0 Å². The molecule has 1 aromatic rings. The van der Waals surface area contributed by atoms with Crippen LogP contribution in [0.4, 0.5) is 4.39 Å². The van der Waals surface area contributed by atoms with E-state index >= 15 is 0 Å². The molecule has 3 heteroatoms. The van der Waals surface area contributed by atoms with Gasteiger partial charge in [0.15, 0.2) is 0 Å². The van der Waals surface area contributed by atoms with E-state index in [-0.39, 0.29) is 0 Å². The zero-order chi connectivity index (χ0) is 9.84. The molecule has 13 heavy (non-hydrogen) atoms. The molecule has 0 aliphatic heterocycles. The summed E-state index contributed by atoms with van der Waals surface area (Å²) in [6.45, 7) is 1.68. The van der Waals surface area contributed by atoms with Crippen molar-refractivity contribution < 1.29 is 4.39 Å². The van der Waals surface area contributed by atoms with E-state index in [4.69, 9.17) is 16.9 Å². The molecule has 0 aliphatic carbocycles. The Morgan fingerprint density at radius 1 is 1.62 bits per heavy atom. The highest BCUT2D eigenvalue weighted by Gasteiger charge is 2.03. The zero-order valence-corrected chi connectivity index (χ0v) is 7.77. The lowest BCUT2D eigenvalue weighted by molar-refractivity contribution is 0.624. The average Bonchev–Trinajstić information content (AvgIpc) is 2.04. The van der Waals surface area contributed by atoms with Crippen LogP contribution in [0.2, 0.25) is 5.02 Å². The molecule has 0 saturated heterocycles. The van der Waals surface area contributed by atoms with Gasteiger partial charge in [0.25, 0.3) is 0 Å². The van der Waals surface area contributed by atoms with Crippen LogP contribution in [0.5, 0.6) is 0 Å². The lowest BCUT2D eigenvalue weighted by atomic mass is 10.1. The standard InChI is InChI=1S/C10H7ClFN/c1-7(4-5-13)9-3-2-8(11)6-10(9)12/h2-4,6H,1H3. The molecule has 0 aliphatic rings. The second-order valence-corrected chi connectivity index (χ2v) is 3.02. The summed E-state index contributed by atoms with van der Waals surface area (Å²) >= 11 is 5.57. The smallest absolute Gasteiger partial charge is 0.132 e. The Morgan fingerprint density at radius 3 is 2.85 bits per heavy atom. The summed E-state index contributed by atoms with van der Waals surface area (Å²) in [5, 5.41) is 8.72. The van der Waals surface area contributed by atoms with Gasteiger partial charge in [0.1, 0.15) is 5.82 Å². The first-order valence-corrected chi connectivity index (χ1v) is 4.04. The Balaban J connectivity index is 3.18. The first-order valence-electron chi connectivity index (χ1n) is 3.67. The molecule has 0 saturated carbocycles. The predicted molar refractivity (Wildman–Crippen MR) is 50.7 cm³/mol. The van der Waals surface area contributed by atoms with Crippen molar-refractivity contribution in [3.63, 3.8) is 0 Å². The molecule has 66 valence electrons. The van der Waals surface area contributed by atoms with Crippen molar-refractivity contribution in [2.24, 2.45) is 0 Å². The molecule has 0 amide bonds. The minimum atomic E-state index is -0.406. The second-order valence-electron chi connectivity index (χ2n) is 2.58. The van der Waals surface area contributed by atoms with Crippen LogP contribution in [0.1, 0.15) is 12.5 Å². The van der Waals surface area contributed by atoms with E-state index in [1.54, 1.807) is 19.1 Å². The van der Waals surface area contributed by atoms with Gasteiger partial charge in [-0.1, -0.05) is 17.7 Å². The molecule has 0 N–H and O–H groups in total. The monoisotopic (exact) mass is 195 g/mol. The maximum atomic E-state index is 13.2. The van der Waals surface area contributed by atoms with Gasteiger partial charge in [0.05, 0.1) is 6.07 Å².